The maximum Gasteiger partial charge on any atom is 0.431 e. The van der Waals surface area contributed by atoms with Crippen LogP contribution in [0.1, 0.15) is 60.9 Å². The molecule has 2 aliphatic rings. The van der Waals surface area contributed by atoms with E-state index in [2.05, 4.69) is 5.32 Å². The molecule has 3 heterocycles. The Kier molecular flexibility index (Phi) is 5.77. The van der Waals surface area contributed by atoms with Gasteiger partial charge in [-0.15, -0.1) is 0 Å². The molecule has 1 spiro atoms. The molecule has 1 N–H and O–H groups in total. The number of benzene rings is 1. The minimum Gasteiger partial charge on any atom is -0.491 e. The number of aryl methyl sites for hydroxylation is 1. The molecule has 1 fully saturated rings. The van der Waals surface area contributed by atoms with Crippen molar-refractivity contribution in [1.82, 2.24) is 14.8 Å². The molecule has 0 aliphatic carbocycles. The predicted octanol–water partition coefficient (Wildman–Crippen LogP) is 4.73. The summed E-state index contributed by atoms with van der Waals surface area (Å²) in [6.45, 7) is 8.98. The van der Waals surface area contributed by atoms with Crippen LogP contribution >= 0.6 is 0 Å². The first-order valence-corrected chi connectivity index (χ1v) is 11.1. The van der Waals surface area contributed by atoms with Crippen molar-refractivity contribution in [2.75, 3.05) is 13.1 Å². The van der Waals surface area contributed by atoms with Gasteiger partial charge in [0.1, 0.15) is 11.4 Å². The van der Waals surface area contributed by atoms with E-state index in [1.807, 2.05) is 39.8 Å². The highest BCUT2D eigenvalue weighted by atomic mass is 19.4. The fourth-order valence-corrected chi connectivity index (χ4v) is 5.04. The first-order valence-electron chi connectivity index (χ1n) is 11.1. The Morgan fingerprint density at radius 3 is 2.47 bits per heavy atom. The number of halogens is 3. The molecule has 0 saturated carbocycles. The van der Waals surface area contributed by atoms with Crippen LogP contribution in [0.5, 0.6) is 5.75 Å². The molecule has 1 aromatic heterocycles. The zero-order valence-electron chi connectivity index (χ0n) is 18.9. The van der Waals surface area contributed by atoms with Crippen LogP contribution in [0.3, 0.4) is 0 Å². The second-order valence-corrected chi connectivity index (χ2v) is 9.28. The molecule has 1 atom stereocenters. The van der Waals surface area contributed by atoms with E-state index in [0.29, 0.717) is 37.2 Å². The van der Waals surface area contributed by atoms with Gasteiger partial charge in [-0.3, -0.25) is 4.79 Å². The number of nitrogens with one attached hydrogen (secondary N) is 1. The molecular weight excluding hydrogens is 419 g/mol. The van der Waals surface area contributed by atoms with Crippen LogP contribution in [0.15, 0.2) is 30.3 Å². The molecule has 32 heavy (non-hydrogen) atoms. The van der Waals surface area contributed by atoms with E-state index < -0.39 is 17.4 Å². The van der Waals surface area contributed by atoms with Crippen molar-refractivity contribution in [2.24, 2.45) is 0 Å². The quantitative estimate of drug-likeness (QED) is 0.737. The maximum atomic E-state index is 13.5. The first-order chi connectivity index (χ1) is 15.0. The summed E-state index contributed by atoms with van der Waals surface area (Å²) in [6, 6.07) is 8.12. The van der Waals surface area contributed by atoms with E-state index in [-0.39, 0.29) is 24.6 Å². The molecule has 1 saturated heterocycles. The summed E-state index contributed by atoms with van der Waals surface area (Å²) in [6.07, 6.45) is -3.19. The fraction of sp³-hybridized carbons (Fsp3) is 0.542. The van der Waals surface area contributed by atoms with Crippen LogP contribution in [-0.4, -0.2) is 40.6 Å². The van der Waals surface area contributed by atoms with Gasteiger partial charge in [-0.25, -0.2) is 0 Å². The number of rotatable bonds is 3. The van der Waals surface area contributed by atoms with Crippen LogP contribution in [0.2, 0.25) is 0 Å². The van der Waals surface area contributed by atoms with Crippen molar-refractivity contribution < 1.29 is 22.7 Å². The molecule has 2 aliphatic heterocycles. The first kappa shape index (κ1) is 22.7. The van der Waals surface area contributed by atoms with Crippen LogP contribution < -0.4 is 10.1 Å². The molecule has 0 bridgehead atoms. The Morgan fingerprint density at radius 2 is 1.88 bits per heavy atom. The van der Waals surface area contributed by atoms with Crippen molar-refractivity contribution in [3.63, 3.8) is 0 Å². The number of amides is 1. The zero-order chi connectivity index (χ0) is 23.3. The lowest BCUT2D eigenvalue weighted by Gasteiger charge is -2.47. The third-order valence-electron chi connectivity index (χ3n) is 6.43. The number of hydrogen-bond donors (Lipinski definition) is 1. The van der Waals surface area contributed by atoms with Gasteiger partial charge in [0, 0.05) is 36.9 Å². The monoisotopic (exact) mass is 449 g/mol. The highest BCUT2D eigenvalue weighted by Gasteiger charge is 2.46. The summed E-state index contributed by atoms with van der Waals surface area (Å²) in [5.41, 5.74) is 1.02. The van der Waals surface area contributed by atoms with Gasteiger partial charge in [-0.2, -0.15) is 13.2 Å². The molecule has 4 rings (SSSR count). The van der Waals surface area contributed by atoms with E-state index in [4.69, 9.17) is 4.74 Å². The van der Waals surface area contributed by atoms with E-state index >= 15 is 0 Å². The Labute approximate surface area is 186 Å². The van der Waals surface area contributed by atoms with Crippen LogP contribution in [0, 0.1) is 6.92 Å². The molecular formula is C24H30F3N3O2. The van der Waals surface area contributed by atoms with Crippen LogP contribution in [0.25, 0.3) is 0 Å². The molecule has 174 valence electrons. The topological polar surface area (TPSA) is 46.5 Å². The van der Waals surface area contributed by atoms with E-state index in [1.54, 1.807) is 17.0 Å². The minimum absolute atomic E-state index is 0.0516. The summed E-state index contributed by atoms with van der Waals surface area (Å²) in [5, 5.41) is 3.54. The van der Waals surface area contributed by atoms with E-state index in [1.165, 1.54) is 10.6 Å². The summed E-state index contributed by atoms with van der Waals surface area (Å²) in [5.74, 6) is 0.699. The number of carbonyl (C=O) groups is 1. The highest BCUT2D eigenvalue weighted by molar-refractivity contribution is 5.94. The summed E-state index contributed by atoms with van der Waals surface area (Å²) >= 11 is 0. The summed E-state index contributed by atoms with van der Waals surface area (Å²) in [7, 11) is 0. The van der Waals surface area contributed by atoms with Crippen molar-refractivity contribution in [3.05, 3.63) is 52.8 Å². The summed E-state index contributed by atoms with van der Waals surface area (Å²) in [4.78, 5) is 14.9. The number of likely N-dealkylation sites (tertiary alicyclic amines) is 1. The van der Waals surface area contributed by atoms with Crippen molar-refractivity contribution in [3.8, 4) is 5.75 Å². The maximum absolute atomic E-state index is 13.5. The standard InChI is InChI=1S/C24H30F3N3O2/c1-15(2)32-19-6-5-18(13-16(19)3)22(31)29-11-9-23(10-12-29)20-7-8-21(24(25,26)27)30(20)14-17(4)28-23/h5-8,13,15,17,28H,9-12,14H2,1-4H3. The van der Waals surface area contributed by atoms with Crippen molar-refractivity contribution in [1.29, 1.82) is 0 Å². The van der Waals surface area contributed by atoms with Gasteiger partial charge < -0.3 is 19.5 Å². The number of piperidine rings is 1. The van der Waals surface area contributed by atoms with Gasteiger partial charge in [0.2, 0.25) is 0 Å². The number of alkyl halides is 3. The average molecular weight is 450 g/mol. The number of fused-ring (bicyclic) bond motifs is 2. The van der Waals surface area contributed by atoms with Gasteiger partial charge >= 0.3 is 6.18 Å². The van der Waals surface area contributed by atoms with E-state index in [0.717, 1.165) is 11.3 Å². The zero-order valence-corrected chi connectivity index (χ0v) is 18.9. The molecule has 5 nitrogen and oxygen atoms in total. The van der Waals surface area contributed by atoms with Gasteiger partial charge in [-0.05, 0) is 76.4 Å². The second-order valence-electron chi connectivity index (χ2n) is 9.28. The number of carbonyl (C=O) groups excluding carboxylic acids is 1. The average Bonchev–Trinajstić information content (AvgIpc) is 3.14. The number of ether oxygens (including phenoxy) is 1. The third kappa shape index (κ3) is 4.12. The van der Waals surface area contributed by atoms with Gasteiger partial charge in [0.15, 0.2) is 0 Å². The van der Waals surface area contributed by atoms with Crippen LogP contribution in [0.4, 0.5) is 13.2 Å². The number of hydrogen-bond acceptors (Lipinski definition) is 3. The molecule has 1 unspecified atom stereocenters. The number of aromatic nitrogens is 1. The molecule has 0 radical (unpaired) electrons. The Bertz CT molecular complexity index is 1000. The SMILES string of the molecule is Cc1cc(C(=O)N2CCC3(CC2)NC(C)Cn2c(C(F)(F)F)ccc23)ccc1OC(C)C. The minimum atomic E-state index is -4.38. The lowest BCUT2D eigenvalue weighted by molar-refractivity contribution is -0.144. The second kappa shape index (κ2) is 8.14. The Morgan fingerprint density at radius 1 is 1.19 bits per heavy atom. The summed E-state index contributed by atoms with van der Waals surface area (Å²) < 4.78 is 47.6. The van der Waals surface area contributed by atoms with E-state index in [9.17, 15) is 18.0 Å². The number of nitrogens with zero attached hydrogens (tertiary/aromatic N) is 2. The molecule has 8 heteroatoms. The third-order valence-corrected chi connectivity index (χ3v) is 6.43. The van der Waals surface area contributed by atoms with Gasteiger partial charge in [0.25, 0.3) is 5.91 Å². The predicted molar refractivity (Wildman–Crippen MR) is 116 cm³/mol. The lowest BCUT2D eigenvalue weighted by Crippen LogP contribution is -2.59. The normalized spacial score (nSPS) is 20.5. The lowest BCUT2D eigenvalue weighted by atomic mass is 9.82. The smallest absolute Gasteiger partial charge is 0.431 e. The van der Waals surface area contributed by atoms with Gasteiger partial charge in [-0.1, -0.05) is 0 Å². The largest absolute Gasteiger partial charge is 0.491 e. The van der Waals surface area contributed by atoms with Crippen LogP contribution in [-0.2, 0) is 18.3 Å². The molecule has 1 amide bonds. The Balaban J connectivity index is 1.52. The van der Waals surface area contributed by atoms with Gasteiger partial charge in [0.05, 0.1) is 11.6 Å². The highest BCUT2D eigenvalue weighted by Crippen LogP contribution is 2.41. The van der Waals surface area contributed by atoms with Crippen molar-refractivity contribution in [2.45, 2.75) is 70.9 Å². The fourth-order valence-electron chi connectivity index (χ4n) is 5.04. The van der Waals surface area contributed by atoms with Crippen molar-refractivity contribution >= 4 is 5.91 Å². The molecule has 1 aromatic carbocycles. The Hall–Kier alpha value is -2.48. The molecule has 2 aromatic rings.